The van der Waals surface area contributed by atoms with Crippen LogP contribution >= 0.6 is 0 Å². The van der Waals surface area contributed by atoms with Gasteiger partial charge in [0.25, 0.3) is 0 Å². The van der Waals surface area contributed by atoms with Crippen LogP contribution in [0.4, 0.5) is 0 Å². The zero-order valence-corrected chi connectivity index (χ0v) is 12.2. The standard InChI is InChI=1S/C15H26N2O3/c1-2-3-7-12(15(19)20)17-14(18)13-9-10-6-4-5-8-11(10)16-13/h10-13,16H,2-9H2,1H3,(H,17,18)(H,19,20). The molecule has 4 atom stereocenters. The molecule has 20 heavy (non-hydrogen) atoms. The molecule has 0 radical (unpaired) electrons. The lowest BCUT2D eigenvalue weighted by atomic mass is 9.85. The topological polar surface area (TPSA) is 78.4 Å². The number of carbonyl (C=O) groups excluding carboxylic acids is 1. The van der Waals surface area contributed by atoms with Gasteiger partial charge in [-0.25, -0.2) is 4.79 Å². The van der Waals surface area contributed by atoms with Crippen LogP contribution in [0.5, 0.6) is 0 Å². The van der Waals surface area contributed by atoms with Gasteiger partial charge in [-0.1, -0.05) is 32.6 Å². The predicted octanol–water partition coefficient (Wildman–Crippen LogP) is 1.67. The quantitative estimate of drug-likeness (QED) is 0.692. The third kappa shape index (κ3) is 3.72. The third-order valence-electron chi connectivity index (χ3n) is 4.64. The van der Waals surface area contributed by atoms with Crippen LogP contribution < -0.4 is 10.6 Å². The molecule has 0 aromatic rings. The molecular weight excluding hydrogens is 256 g/mol. The average Bonchev–Trinajstić information content (AvgIpc) is 2.86. The van der Waals surface area contributed by atoms with E-state index < -0.39 is 12.0 Å². The first kappa shape index (κ1) is 15.3. The van der Waals surface area contributed by atoms with Crippen molar-refractivity contribution in [2.75, 3.05) is 0 Å². The molecule has 2 aliphatic rings. The maximum atomic E-state index is 12.2. The van der Waals surface area contributed by atoms with Crippen LogP contribution in [0.1, 0.15) is 58.3 Å². The molecule has 2 rings (SSSR count). The lowest BCUT2D eigenvalue weighted by Crippen LogP contribution is -2.49. The highest BCUT2D eigenvalue weighted by molar-refractivity contribution is 5.87. The van der Waals surface area contributed by atoms with Crippen molar-refractivity contribution in [3.63, 3.8) is 0 Å². The van der Waals surface area contributed by atoms with Crippen molar-refractivity contribution in [3.8, 4) is 0 Å². The summed E-state index contributed by atoms with van der Waals surface area (Å²) in [5.74, 6) is -0.469. The largest absolute Gasteiger partial charge is 0.480 e. The fraction of sp³-hybridized carbons (Fsp3) is 0.867. The van der Waals surface area contributed by atoms with Gasteiger partial charge in [0, 0.05) is 6.04 Å². The van der Waals surface area contributed by atoms with Crippen molar-refractivity contribution in [2.45, 2.75) is 76.4 Å². The van der Waals surface area contributed by atoms with Gasteiger partial charge >= 0.3 is 5.97 Å². The first-order valence-corrected chi connectivity index (χ1v) is 7.91. The molecule has 0 aromatic heterocycles. The number of fused-ring (bicyclic) bond motifs is 1. The fourth-order valence-electron chi connectivity index (χ4n) is 3.46. The highest BCUT2D eigenvalue weighted by Crippen LogP contribution is 2.33. The van der Waals surface area contributed by atoms with Crippen molar-refractivity contribution in [1.82, 2.24) is 10.6 Å². The van der Waals surface area contributed by atoms with Gasteiger partial charge < -0.3 is 15.7 Å². The molecule has 1 heterocycles. The van der Waals surface area contributed by atoms with E-state index in [0.717, 1.165) is 25.7 Å². The lowest BCUT2D eigenvalue weighted by Gasteiger charge is -2.24. The minimum Gasteiger partial charge on any atom is -0.480 e. The summed E-state index contributed by atoms with van der Waals surface area (Å²) in [5.41, 5.74) is 0. The predicted molar refractivity (Wildman–Crippen MR) is 76.4 cm³/mol. The van der Waals surface area contributed by atoms with E-state index in [-0.39, 0.29) is 11.9 Å². The lowest BCUT2D eigenvalue weighted by molar-refractivity contribution is -0.142. The van der Waals surface area contributed by atoms with Crippen molar-refractivity contribution >= 4 is 11.9 Å². The summed E-state index contributed by atoms with van der Waals surface area (Å²) in [5, 5.41) is 15.3. The van der Waals surface area contributed by atoms with E-state index in [0.29, 0.717) is 18.4 Å². The van der Waals surface area contributed by atoms with Crippen molar-refractivity contribution in [3.05, 3.63) is 0 Å². The van der Waals surface area contributed by atoms with Gasteiger partial charge in [-0.3, -0.25) is 4.79 Å². The molecule has 0 aromatic carbocycles. The number of amides is 1. The van der Waals surface area contributed by atoms with Crippen LogP contribution in [-0.4, -0.2) is 35.1 Å². The monoisotopic (exact) mass is 282 g/mol. The smallest absolute Gasteiger partial charge is 0.326 e. The number of unbranched alkanes of at least 4 members (excludes halogenated alkanes) is 1. The minimum atomic E-state index is -0.929. The third-order valence-corrected chi connectivity index (χ3v) is 4.64. The summed E-state index contributed by atoms with van der Waals surface area (Å²) in [6.07, 6.45) is 7.95. The Morgan fingerprint density at radius 3 is 2.75 bits per heavy atom. The maximum absolute atomic E-state index is 12.2. The van der Waals surface area contributed by atoms with Gasteiger partial charge in [0.05, 0.1) is 6.04 Å². The summed E-state index contributed by atoms with van der Waals surface area (Å²) in [4.78, 5) is 23.4. The molecular formula is C15H26N2O3. The maximum Gasteiger partial charge on any atom is 0.326 e. The van der Waals surface area contributed by atoms with E-state index in [1.54, 1.807) is 0 Å². The number of carboxylic acid groups (broad SMARTS) is 1. The Hall–Kier alpha value is -1.10. The van der Waals surface area contributed by atoms with Crippen LogP contribution in [0.25, 0.3) is 0 Å². The Morgan fingerprint density at radius 1 is 1.35 bits per heavy atom. The van der Waals surface area contributed by atoms with Crippen LogP contribution in [0.2, 0.25) is 0 Å². The summed E-state index contributed by atoms with van der Waals surface area (Å²) >= 11 is 0. The van der Waals surface area contributed by atoms with Gasteiger partial charge in [0.2, 0.25) is 5.91 Å². The molecule has 5 heteroatoms. The first-order chi connectivity index (χ1) is 9.61. The second kappa shape index (κ2) is 7.07. The van der Waals surface area contributed by atoms with Gasteiger partial charge in [-0.15, -0.1) is 0 Å². The number of carboxylic acids is 1. The summed E-state index contributed by atoms with van der Waals surface area (Å²) in [6, 6.07) is -0.489. The Labute approximate surface area is 120 Å². The molecule has 1 saturated heterocycles. The first-order valence-electron chi connectivity index (χ1n) is 7.91. The molecule has 0 bridgehead atoms. The highest BCUT2D eigenvalue weighted by atomic mass is 16.4. The molecule has 1 aliphatic heterocycles. The summed E-state index contributed by atoms with van der Waals surface area (Å²) < 4.78 is 0. The molecule has 4 unspecified atom stereocenters. The fourth-order valence-corrected chi connectivity index (χ4v) is 3.46. The van der Waals surface area contributed by atoms with Crippen LogP contribution in [0.3, 0.4) is 0 Å². The molecule has 3 N–H and O–H groups in total. The van der Waals surface area contributed by atoms with Crippen LogP contribution in [0.15, 0.2) is 0 Å². The second-order valence-corrected chi connectivity index (χ2v) is 6.15. The molecule has 1 saturated carbocycles. The molecule has 1 amide bonds. The molecule has 114 valence electrons. The highest BCUT2D eigenvalue weighted by Gasteiger charge is 2.38. The van der Waals surface area contributed by atoms with E-state index in [9.17, 15) is 9.59 Å². The number of nitrogens with one attached hydrogen (secondary N) is 2. The Kier molecular flexibility index (Phi) is 5.40. The Bertz CT molecular complexity index is 345. The number of rotatable bonds is 6. The van der Waals surface area contributed by atoms with E-state index >= 15 is 0 Å². The number of carbonyl (C=O) groups is 2. The summed E-state index contributed by atoms with van der Waals surface area (Å²) in [7, 11) is 0. The van der Waals surface area contributed by atoms with E-state index in [1.807, 2.05) is 6.92 Å². The van der Waals surface area contributed by atoms with E-state index in [1.165, 1.54) is 19.3 Å². The summed E-state index contributed by atoms with van der Waals surface area (Å²) in [6.45, 7) is 2.02. The molecule has 2 fully saturated rings. The SMILES string of the molecule is CCCCC(NC(=O)C1CC2CCCCC2N1)C(=O)O. The number of hydrogen-bond donors (Lipinski definition) is 3. The second-order valence-electron chi connectivity index (χ2n) is 6.15. The van der Waals surface area contributed by atoms with Gasteiger partial charge in [-0.2, -0.15) is 0 Å². The molecule has 1 aliphatic carbocycles. The molecule has 5 nitrogen and oxygen atoms in total. The van der Waals surface area contributed by atoms with Crippen molar-refractivity contribution in [2.24, 2.45) is 5.92 Å². The van der Waals surface area contributed by atoms with Crippen molar-refractivity contribution < 1.29 is 14.7 Å². The van der Waals surface area contributed by atoms with Gasteiger partial charge in [0.1, 0.15) is 6.04 Å². The zero-order chi connectivity index (χ0) is 14.5. The van der Waals surface area contributed by atoms with Crippen LogP contribution in [-0.2, 0) is 9.59 Å². The van der Waals surface area contributed by atoms with E-state index in [4.69, 9.17) is 5.11 Å². The van der Waals surface area contributed by atoms with E-state index in [2.05, 4.69) is 10.6 Å². The number of aliphatic carboxylic acids is 1. The Morgan fingerprint density at radius 2 is 2.10 bits per heavy atom. The Balaban J connectivity index is 1.85. The molecule has 0 spiro atoms. The average molecular weight is 282 g/mol. The van der Waals surface area contributed by atoms with Crippen molar-refractivity contribution in [1.29, 1.82) is 0 Å². The zero-order valence-electron chi connectivity index (χ0n) is 12.2. The number of hydrogen-bond acceptors (Lipinski definition) is 3. The minimum absolute atomic E-state index is 0.136. The van der Waals surface area contributed by atoms with Gasteiger partial charge in [0.15, 0.2) is 0 Å². The van der Waals surface area contributed by atoms with Gasteiger partial charge in [-0.05, 0) is 31.6 Å². The van der Waals surface area contributed by atoms with Crippen LogP contribution in [0, 0.1) is 5.92 Å². The normalized spacial score (nSPS) is 30.6.